The van der Waals surface area contributed by atoms with Gasteiger partial charge < -0.3 is 9.64 Å². The number of amides is 1. The number of carbonyl (C=O) groups excluding carboxylic acids is 2. The maximum absolute atomic E-state index is 11.9. The zero-order valence-electron chi connectivity index (χ0n) is 12.5. The van der Waals surface area contributed by atoms with Crippen molar-refractivity contribution in [2.45, 2.75) is 20.3 Å². The molecular formula is C13H17N5O3. The molecule has 0 atom stereocenters. The summed E-state index contributed by atoms with van der Waals surface area (Å²) in [6, 6.07) is 0. The van der Waals surface area contributed by atoms with E-state index in [1.165, 1.54) is 11.2 Å². The first-order valence-corrected chi connectivity index (χ1v) is 6.41. The Bertz CT molecular complexity index is 692. The molecule has 0 aromatic carbocycles. The van der Waals surface area contributed by atoms with E-state index in [-0.39, 0.29) is 18.9 Å². The average Bonchev–Trinajstić information content (AvgIpc) is 2.88. The number of rotatable bonds is 4. The van der Waals surface area contributed by atoms with Gasteiger partial charge in [-0.15, -0.1) is 0 Å². The topological polar surface area (TPSA) is 89.7 Å². The lowest BCUT2D eigenvalue weighted by Crippen LogP contribution is -2.28. The molecule has 2 heterocycles. The van der Waals surface area contributed by atoms with Gasteiger partial charge in [0, 0.05) is 31.0 Å². The van der Waals surface area contributed by atoms with Crippen LogP contribution in [-0.2, 0) is 20.7 Å². The van der Waals surface area contributed by atoms with Crippen molar-refractivity contribution in [2.24, 2.45) is 0 Å². The predicted molar refractivity (Wildman–Crippen MR) is 73.6 cm³/mol. The maximum Gasteiger partial charge on any atom is 0.310 e. The summed E-state index contributed by atoms with van der Waals surface area (Å²) in [5.74, 6) is -0.246. The van der Waals surface area contributed by atoms with E-state index in [0.717, 1.165) is 11.3 Å². The van der Waals surface area contributed by atoms with Gasteiger partial charge in [0.15, 0.2) is 6.61 Å². The van der Waals surface area contributed by atoms with Crippen LogP contribution in [0.3, 0.4) is 0 Å². The van der Waals surface area contributed by atoms with Gasteiger partial charge in [0.05, 0.1) is 6.42 Å². The van der Waals surface area contributed by atoms with Crippen molar-refractivity contribution in [3.8, 4) is 0 Å². The molecule has 112 valence electrons. The Labute approximate surface area is 121 Å². The molecule has 2 rings (SSSR count). The number of aryl methyl sites for hydroxylation is 2. The van der Waals surface area contributed by atoms with Crippen molar-refractivity contribution in [1.82, 2.24) is 24.5 Å². The summed E-state index contributed by atoms with van der Waals surface area (Å²) in [5, 5.41) is 4.05. The van der Waals surface area contributed by atoms with Crippen LogP contribution in [0.4, 0.5) is 0 Å². The Hall–Kier alpha value is -2.51. The molecule has 8 nitrogen and oxygen atoms in total. The molecule has 0 aliphatic carbocycles. The normalized spacial score (nSPS) is 10.7. The Morgan fingerprint density at radius 1 is 1.33 bits per heavy atom. The number of nitrogens with zero attached hydrogens (tertiary/aromatic N) is 5. The van der Waals surface area contributed by atoms with Gasteiger partial charge in [0.1, 0.15) is 6.33 Å². The van der Waals surface area contributed by atoms with Gasteiger partial charge in [-0.05, 0) is 13.8 Å². The van der Waals surface area contributed by atoms with Crippen LogP contribution in [0.25, 0.3) is 5.78 Å². The highest BCUT2D eigenvalue weighted by Gasteiger charge is 2.16. The van der Waals surface area contributed by atoms with E-state index in [4.69, 9.17) is 4.74 Å². The molecule has 2 aromatic heterocycles. The minimum absolute atomic E-state index is 0.0428. The standard InChI is InChI=1S/C13H17N5O3/c1-8-10(5-12(20)21-6-11(19)17(3)4)9(2)18-13(16-8)14-7-15-18/h7H,5-6H2,1-4H3. The molecule has 0 aliphatic rings. The van der Waals surface area contributed by atoms with E-state index in [9.17, 15) is 9.59 Å². The van der Waals surface area contributed by atoms with Crippen LogP contribution >= 0.6 is 0 Å². The highest BCUT2D eigenvalue weighted by Crippen LogP contribution is 2.14. The van der Waals surface area contributed by atoms with Crippen molar-refractivity contribution in [3.05, 3.63) is 23.3 Å². The van der Waals surface area contributed by atoms with Crippen LogP contribution in [0.5, 0.6) is 0 Å². The van der Waals surface area contributed by atoms with Gasteiger partial charge in [-0.2, -0.15) is 10.1 Å². The second-order valence-corrected chi connectivity index (χ2v) is 4.86. The number of hydrogen-bond donors (Lipinski definition) is 0. The molecule has 8 heteroatoms. The molecule has 0 fully saturated rings. The van der Waals surface area contributed by atoms with Crippen molar-refractivity contribution in [2.75, 3.05) is 20.7 Å². The Balaban J connectivity index is 2.12. The predicted octanol–water partition coefficient (Wildman–Crippen LogP) is -0.0850. The van der Waals surface area contributed by atoms with E-state index in [0.29, 0.717) is 11.5 Å². The number of carbonyl (C=O) groups is 2. The van der Waals surface area contributed by atoms with E-state index in [2.05, 4.69) is 15.1 Å². The minimum Gasteiger partial charge on any atom is -0.455 e. The first-order chi connectivity index (χ1) is 9.90. The number of likely N-dealkylation sites (N-methyl/N-ethyl adjacent to an activating group) is 1. The lowest BCUT2D eigenvalue weighted by molar-refractivity contribution is -0.150. The van der Waals surface area contributed by atoms with Crippen molar-refractivity contribution in [3.63, 3.8) is 0 Å². The molecule has 0 saturated heterocycles. The maximum atomic E-state index is 11.9. The van der Waals surface area contributed by atoms with E-state index >= 15 is 0 Å². The van der Waals surface area contributed by atoms with Gasteiger partial charge >= 0.3 is 5.97 Å². The van der Waals surface area contributed by atoms with E-state index in [1.807, 2.05) is 6.92 Å². The smallest absolute Gasteiger partial charge is 0.310 e. The number of fused-ring (bicyclic) bond motifs is 1. The zero-order chi connectivity index (χ0) is 15.6. The second-order valence-electron chi connectivity index (χ2n) is 4.86. The largest absolute Gasteiger partial charge is 0.455 e. The second kappa shape index (κ2) is 5.86. The molecule has 0 radical (unpaired) electrons. The SMILES string of the molecule is Cc1nc2ncnn2c(C)c1CC(=O)OCC(=O)N(C)C. The first-order valence-electron chi connectivity index (χ1n) is 6.41. The summed E-state index contributed by atoms with van der Waals surface area (Å²) in [6.45, 7) is 3.38. The molecule has 1 amide bonds. The Morgan fingerprint density at radius 2 is 2.05 bits per heavy atom. The molecule has 0 N–H and O–H groups in total. The third kappa shape index (κ3) is 3.15. The highest BCUT2D eigenvalue weighted by molar-refractivity contribution is 5.81. The monoisotopic (exact) mass is 291 g/mol. The summed E-state index contributed by atoms with van der Waals surface area (Å²) in [6.07, 6.45) is 1.45. The average molecular weight is 291 g/mol. The number of hydrogen-bond acceptors (Lipinski definition) is 6. The highest BCUT2D eigenvalue weighted by atomic mass is 16.5. The van der Waals surface area contributed by atoms with E-state index < -0.39 is 5.97 Å². The van der Waals surface area contributed by atoms with Crippen molar-refractivity contribution >= 4 is 17.7 Å². The van der Waals surface area contributed by atoms with Gasteiger partial charge in [-0.1, -0.05) is 0 Å². The van der Waals surface area contributed by atoms with Crippen LogP contribution in [-0.4, -0.2) is 57.1 Å². The lowest BCUT2D eigenvalue weighted by atomic mass is 10.1. The summed E-state index contributed by atoms with van der Waals surface area (Å²) in [4.78, 5) is 32.9. The van der Waals surface area contributed by atoms with Gasteiger partial charge in [-0.25, -0.2) is 9.50 Å². The molecular weight excluding hydrogens is 274 g/mol. The van der Waals surface area contributed by atoms with Gasteiger partial charge in [0.2, 0.25) is 0 Å². The number of ether oxygens (including phenoxy) is 1. The third-order valence-corrected chi connectivity index (χ3v) is 3.17. The summed E-state index contributed by atoms with van der Waals surface area (Å²) < 4.78 is 6.54. The van der Waals surface area contributed by atoms with Crippen LogP contribution in [0, 0.1) is 13.8 Å². The van der Waals surface area contributed by atoms with Crippen LogP contribution in [0.15, 0.2) is 6.33 Å². The molecule has 2 aromatic rings. The van der Waals surface area contributed by atoms with Crippen LogP contribution in [0.1, 0.15) is 17.0 Å². The van der Waals surface area contributed by atoms with Gasteiger partial charge in [-0.3, -0.25) is 9.59 Å². The fourth-order valence-electron chi connectivity index (χ4n) is 1.88. The van der Waals surface area contributed by atoms with Crippen LogP contribution < -0.4 is 0 Å². The molecule has 21 heavy (non-hydrogen) atoms. The van der Waals surface area contributed by atoms with Crippen LogP contribution in [0.2, 0.25) is 0 Å². The molecule has 0 spiro atoms. The third-order valence-electron chi connectivity index (χ3n) is 3.17. The molecule has 0 aliphatic heterocycles. The zero-order valence-corrected chi connectivity index (χ0v) is 12.5. The van der Waals surface area contributed by atoms with E-state index in [1.54, 1.807) is 25.5 Å². The number of aromatic nitrogens is 4. The lowest BCUT2D eigenvalue weighted by Gasteiger charge is -2.12. The number of esters is 1. The van der Waals surface area contributed by atoms with Gasteiger partial charge in [0.25, 0.3) is 11.7 Å². The summed E-state index contributed by atoms with van der Waals surface area (Å²) >= 11 is 0. The fraction of sp³-hybridized carbons (Fsp3) is 0.462. The molecule has 0 unspecified atom stereocenters. The van der Waals surface area contributed by atoms with Crippen molar-refractivity contribution in [1.29, 1.82) is 0 Å². The first kappa shape index (κ1) is 14.9. The minimum atomic E-state index is -0.474. The summed E-state index contributed by atoms with van der Waals surface area (Å²) in [7, 11) is 3.21. The summed E-state index contributed by atoms with van der Waals surface area (Å²) in [5.41, 5.74) is 2.21. The molecule has 0 saturated carbocycles. The Morgan fingerprint density at radius 3 is 2.71 bits per heavy atom. The molecule has 0 bridgehead atoms. The van der Waals surface area contributed by atoms with Crippen molar-refractivity contribution < 1.29 is 14.3 Å². The quantitative estimate of drug-likeness (QED) is 0.732. The Kier molecular flexibility index (Phi) is 4.15. The fourth-order valence-corrected chi connectivity index (χ4v) is 1.88.